The Morgan fingerprint density at radius 3 is 2.38 bits per heavy atom. The van der Waals surface area contributed by atoms with Crippen LogP contribution in [0.2, 0.25) is 0 Å². The fourth-order valence-electron chi connectivity index (χ4n) is 2.26. The molecule has 1 rings (SSSR count). The Kier molecular flexibility index (Phi) is 7.88. The summed E-state index contributed by atoms with van der Waals surface area (Å²) in [4.78, 5) is 2.23. The van der Waals surface area contributed by atoms with E-state index in [9.17, 15) is 8.42 Å². The van der Waals surface area contributed by atoms with E-state index in [0.29, 0.717) is 13.1 Å². The standard InChI is InChI=1S/C15H27N3O2S/c1-3-10-18(4-2)11-9-17-21(19,20)13-15-8-6-5-7-14(15)12-16/h5-8,17H,3-4,9-13,16H2,1-2H3. The van der Waals surface area contributed by atoms with Crippen LogP contribution in [0.3, 0.4) is 0 Å². The fraction of sp³-hybridized carbons (Fsp3) is 0.600. The zero-order chi connectivity index (χ0) is 15.7. The molecule has 21 heavy (non-hydrogen) atoms. The zero-order valence-corrected chi connectivity index (χ0v) is 13.8. The molecular formula is C15H27N3O2S. The molecule has 0 aromatic heterocycles. The lowest BCUT2D eigenvalue weighted by Gasteiger charge is -2.19. The van der Waals surface area contributed by atoms with Gasteiger partial charge in [-0.25, -0.2) is 13.1 Å². The lowest BCUT2D eigenvalue weighted by atomic mass is 10.1. The van der Waals surface area contributed by atoms with Gasteiger partial charge >= 0.3 is 0 Å². The predicted octanol–water partition coefficient (Wildman–Crippen LogP) is 1.30. The number of hydrogen-bond acceptors (Lipinski definition) is 4. The van der Waals surface area contributed by atoms with Crippen molar-refractivity contribution in [1.29, 1.82) is 0 Å². The molecule has 0 radical (unpaired) electrons. The molecule has 0 fully saturated rings. The average Bonchev–Trinajstić information content (AvgIpc) is 2.46. The number of hydrogen-bond donors (Lipinski definition) is 2. The predicted molar refractivity (Wildman–Crippen MR) is 87.4 cm³/mol. The van der Waals surface area contributed by atoms with E-state index >= 15 is 0 Å². The van der Waals surface area contributed by atoms with Gasteiger partial charge in [0.1, 0.15) is 0 Å². The molecule has 0 spiro atoms. The van der Waals surface area contributed by atoms with E-state index < -0.39 is 10.0 Å². The quantitative estimate of drug-likeness (QED) is 0.683. The first-order valence-electron chi connectivity index (χ1n) is 7.49. The molecule has 0 saturated carbocycles. The first-order valence-corrected chi connectivity index (χ1v) is 9.14. The van der Waals surface area contributed by atoms with Gasteiger partial charge < -0.3 is 10.6 Å². The maximum atomic E-state index is 12.1. The van der Waals surface area contributed by atoms with Crippen molar-refractivity contribution in [2.45, 2.75) is 32.6 Å². The van der Waals surface area contributed by atoms with Crippen molar-refractivity contribution in [3.05, 3.63) is 35.4 Å². The Morgan fingerprint density at radius 1 is 1.14 bits per heavy atom. The van der Waals surface area contributed by atoms with E-state index in [1.54, 1.807) is 0 Å². The molecule has 5 nitrogen and oxygen atoms in total. The smallest absolute Gasteiger partial charge is 0.215 e. The van der Waals surface area contributed by atoms with Crippen molar-refractivity contribution in [1.82, 2.24) is 9.62 Å². The van der Waals surface area contributed by atoms with Crippen LogP contribution in [0.25, 0.3) is 0 Å². The molecule has 0 heterocycles. The van der Waals surface area contributed by atoms with Crippen molar-refractivity contribution in [3.8, 4) is 0 Å². The summed E-state index contributed by atoms with van der Waals surface area (Å²) >= 11 is 0. The maximum Gasteiger partial charge on any atom is 0.215 e. The summed E-state index contributed by atoms with van der Waals surface area (Å²) in [5.74, 6) is -0.0136. The molecule has 0 bridgehead atoms. The second-order valence-electron chi connectivity index (χ2n) is 5.06. The molecule has 0 unspecified atom stereocenters. The molecule has 0 saturated heterocycles. The van der Waals surface area contributed by atoms with E-state index in [-0.39, 0.29) is 5.75 Å². The van der Waals surface area contributed by atoms with E-state index in [0.717, 1.165) is 37.2 Å². The number of nitrogens with two attached hydrogens (primary N) is 1. The van der Waals surface area contributed by atoms with Gasteiger partial charge in [0.15, 0.2) is 0 Å². The largest absolute Gasteiger partial charge is 0.326 e. The van der Waals surface area contributed by atoms with Crippen molar-refractivity contribution < 1.29 is 8.42 Å². The van der Waals surface area contributed by atoms with Crippen molar-refractivity contribution in [2.24, 2.45) is 5.73 Å². The number of nitrogens with one attached hydrogen (secondary N) is 1. The number of nitrogens with zero attached hydrogens (tertiary/aromatic N) is 1. The molecule has 0 amide bonds. The molecular weight excluding hydrogens is 286 g/mol. The Hall–Kier alpha value is -0.950. The highest BCUT2D eigenvalue weighted by molar-refractivity contribution is 7.88. The molecule has 0 aliphatic carbocycles. The minimum Gasteiger partial charge on any atom is -0.326 e. The van der Waals surface area contributed by atoms with E-state index in [4.69, 9.17) is 5.73 Å². The van der Waals surface area contributed by atoms with Gasteiger partial charge in [0.05, 0.1) is 5.75 Å². The van der Waals surface area contributed by atoms with Gasteiger partial charge in [-0.3, -0.25) is 0 Å². The molecule has 120 valence electrons. The fourth-order valence-corrected chi connectivity index (χ4v) is 3.45. The lowest BCUT2D eigenvalue weighted by Crippen LogP contribution is -2.35. The first kappa shape index (κ1) is 18.1. The van der Waals surface area contributed by atoms with Crippen LogP contribution in [0.1, 0.15) is 31.4 Å². The summed E-state index contributed by atoms with van der Waals surface area (Å²) in [6.45, 7) is 7.67. The first-order chi connectivity index (χ1) is 10.0. The molecule has 3 N–H and O–H groups in total. The van der Waals surface area contributed by atoms with Gasteiger partial charge in [-0.2, -0.15) is 0 Å². The highest BCUT2D eigenvalue weighted by Crippen LogP contribution is 2.11. The normalized spacial score (nSPS) is 12.0. The van der Waals surface area contributed by atoms with Gasteiger partial charge in [-0.1, -0.05) is 38.1 Å². The zero-order valence-electron chi connectivity index (χ0n) is 13.0. The van der Waals surface area contributed by atoms with E-state index in [1.807, 2.05) is 24.3 Å². The Morgan fingerprint density at radius 2 is 1.81 bits per heavy atom. The van der Waals surface area contributed by atoms with Crippen LogP contribution in [-0.4, -0.2) is 39.5 Å². The Labute approximate surface area is 128 Å². The molecule has 6 heteroatoms. The SMILES string of the molecule is CCCN(CC)CCNS(=O)(=O)Cc1ccccc1CN. The summed E-state index contributed by atoms with van der Waals surface area (Å²) in [6.07, 6.45) is 1.07. The Bertz CT molecular complexity index is 517. The van der Waals surface area contributed by atoms with Crippen LogP contribution in [0.4, 0.5) is 0 Å². The van der Waals surface area contributed by atoms with Crippen LogP contribution >= 0.6 is 0 Å². The summed E-state index contributed by atoms with van der Waals surface area (Å²) in [6, 6.07) is 7.39. The van der Waals surface area contributed by atoms with E-state index in [2.05, 4.69) is 23.5 Å². The summed E-state index contributed by atoms with van der Waals surface area (Å²) < 4.78 is 26.9. The number of rotatable bonds is 10. The third-order valence-electron chi connectivity index (χ3n) is 3.42. The number of likely N-dealkylation sites (N-methyl/N-ethyl adjacent to an activating group) is 1. The molecule has 0 atom stereocenters. The van der Waals surface area contributed by atoms with Gasteiger partial charge in [0.25, 0.3) is 0 Å². The third kappa shape index (κ3) is 6.56. The molecule has 1 aromatic carbocycles. The second-order valence-corrected chi connectivity index (χ2v) is 6.87. The topological polar surface area (TPSA) is 75.4 Å². The number of sulfonamides is 1. The highest BCUT2D eigenvalue weighted by atomic mass is 32.2. The van der Waals surface area contributed by atoms with Crippen LogP contribution in [-0.2, 0) is 22.3 Å². The summed E-state index contributed by atoms with van der Waals surface area (Å²) in [5.41, 5.74) is 7.29. The third-order valence-corrected chi connectivity index (χ3v) is 4.76. The summed E-state index contributed by atoms with van der Waals surface area (Å²) in [7, 11) is -3.32. The van der Waals surface area contributed by atoms with E-state index in [1.165, 1.54) is 0 Å². The van der Waals surface area contributed by atoms with Gasteiger partial charge in [-0.15, -0.1) is 0 Å². The second kappa shape index (κ2) is 9.15. The Balaban J connectivity index is 2.54. The van der Waals surface area contributed by atoms with Crippen LogP contribution in [0, 0.1) is 0 Å². The monoisotopic (exact) mass is 313 g/mol. The lowest BCUT2D eigenvalue weighted by molar-refractivity contribution is 0.293. The maximum absolute atomic E-state index is 12.1. The average molecular weight is 313 g/mol. The molecule has 0 aliphatic heterocycles. The van der Waals surface area contributed by atoms with Gasteiger partial charge in [0.2, 0.25) is 10.0 Å². The van der Waals surface area contributed by atoms with Gasteiger partial charge in [0, 0.05) is 19.6 Å². The van der Waals surface area contributed by atoms with Gasteiger partial charge in [-0.05, 0) is 30.6 Å². The van der Waals surface area contributed by atoms with Crippen LogP contribution in [0.15, 0.2) is 24.3 Å². The number of benzene rings is 1. The van der Waals surface area contributed by atoms with Crippen molar-refractivity contribution >= 4 is 10.0 Å². The van der Waals surface area contributed by atoms with Crippen molar-refractivity contribution in [2.75, 3.05) is 26.2 Å². The minimum atomic E-state index is -3.32. The van der Waals surface area contributed by atoms with Crippen LogP contribution < -0.4 is 10.5 Å². The van der Waals surface area contributed by atoms with Crippen LogP contribution in [0.5, 0.6) is 0 Å². The highest BCUT2D eigenvalue weighted by Gasteiger charge is 2.13. The minimum absolute atomic E-state index is 0.0136. The summed E-state index contributed by atoms with van der Waals surface area (Å²) in [5, 5.41) is 0. The molecule has 0 aliphatic rings. The molecule has 1 aromatic rings. The van der Waals surface area contributed by atoms with Crippen molar-refractivity contribution in [3.63, 3.8) is 0 Å².